The number of halogens is 1. The second kappa shape index (κ2) is 8.67. The topological polar surface area (TPSA) is 79.0 Å². The molecule has 0 spiro atoms. The van der Waals surface area contributed by atoms with Crippen molar-refractivity contribution in [1.29, 1.82) is 0 Å². The van der Waals surface area contributed by atoms with Crippen LogP contribution in [0.4, 0.5) is 0 Å². The number of nitrogens with zero attached hydrogens (tertiary/aromatic N) is 2. The number of likely N-dealkylation sites (tertiary alicyclic amines) is 1. The van der Waals surface area contributed by atoms with Crippen LogP contribution < -0.4 is 5.32 Å². The van der Waals surface area contributed by atoms with Crippen LogP contribution in [0.5, 0.6) is 0 Å². The fraction of sp³-hybridized carbons (Fsp3) is 0.632. The maximum atomic E-state index is 12.9. The number of piperidine rings is 1. The molecule has 28 heavy (non-hydrogen) atoms. The number of carbonyl (C=O) groups is 1. The van der Waals surface area contributed by atoms with Crippen molar-refractivity contribution in [3.05, 3.63) is 29.3 Å². The van der Waals surface area contributed by atoms with Gasteiger partial charge in [-0.25, -0.2) is 8.42 Å². The Morgan fingerprint density at radius 2 is 1.96 bits per heavy atom. The van der Waals surface area contributed by atoms with E-state index in [9.17, 15) is 13.2 Å². The van der Waals surface area contributed by atoms with Gasteiger partial charge in [-0.3, -0.25) is 4.79 Å². The van der Waals surface area contributed by atoms with Crippen LogP contribution in [-0.2, 0) is 19.6 Å². The van der Waals surface area contributed by atoms with Gasteiger partial charge in [-0.2, -0.15) is 4.31 Å². The number of morpholine rings is 1. The van der Waals surface area contributed by atoms with Crippen molar-refractivity contribution < 1.29 is 17.9 Å². The van der Waals surface area contributed by atoms with Gasteiger partial charge in [0.15, 0.2) is 0 Å². The summed E-state index contributed by atoms with van der Waals surface area (Å²) in [7, 11) is -1.68. The van der Waals surface area contributed by atoms with Gasteiger partial charge in [0.25, 0.3) is 5.91 Å². The zero-order chi connectivity index (χ0) is 20.4. The predicted molar refractivity (Wildman–Crippen MR) is 108 cm³/mol. The summed E-state index contributed by atoms with van der Waals surface area (Å²) in [6, 6.07) is 6.33. The molecule has 7 nitrogen and oxygen atoms in total. The molecule has 0 radical (unpaired) electrons. The van der Waals surface area contributed by atoms with Crippen LogP contribution in [0.1, 0.15) is 19.8 Å². The Bertz CT molecular complexity index is 809. The normalized spacial score (nSPS) is 24.0. The number of nitrogens with one attached hydrogen (secondary N) is 1. The fourth-order valence-corrected chi connectivity index (χ4v) is 5.46. The summed E-state index contributed by atoms with van der Waals surface area (Å²) in [4.78, 5) is 15.0. The molecule has 2 fully saturated rings. The minimum absolute atomic E-state index is 0.0150. The van der Waals surface area contributed by atoms with Crippen LogP contribution in [0.3, 0.4) is 0 Å². The van der Waals surface area contributed by atoms with E-state index in [-0.39, 0.29) is 40.9 Å². The van der Waals surface area contributed by atoms with Gasteiger partial charge < -0.3 is 15.0 Å². The average Bonchev–Trinajstić information content (AvgIpc) is 2.69. The maximum Gasteiger partial charge on any atom is 0.250 e. The molecule has 1 atom stereocenters. The lowest BCUT2D eigenvalue weighted by Gasteiger charge is -2.38. The van der Waals surface area contributed by atoms with Gasteiger partial charge in [0.2, 0.25) is 10.0 Å². The molecule has 2 saturated heterocycles. The summed E-state index contributed by atoms with van der Waals surface area (Å²) in [6.07, 6.45) is 1.21. The first-order valence-electron chi connectivity index (χ1n) is 9.54. The summed E-state index contributed by atoms with van der Waals surface area (Å²) in [5.41, 5.74) is 0.0557. The van der Waals surface area contributed by atoms with Gasteiger partial charge in [0, 0.05) is 19.6 Å². The summed E-state index contributed by atoms with van der Waals surface area (Å²) in [6.45, 7) is 5.11. The van der Waals surface area contributed by atoms with Gasteiger partial charge in [-0.1, -0.05) is 30.7 Å². The first kappa shape index (κ1) is 21.5. The largest absolute Gasteiger partial charge is 0.366 e. The van der Waals surface area contributed by atoms with Crippen LogP contribution in [0.15, 0.2) is 29.2 Å². The first-order chi connectivity index (χ1) is 13.2. The van der Waals surface area contributed by atoms with Crippen LogP contribution >= 0.6 is 11.6 Å². The lowest BCUT2D eigenvalue weighted by atomic mass is 9.80. The van der Waals surface area contributed by atoms with Crippen molar-refractivity contribution in [3.63, 3.8) is 0 Å². The summed E-state index contributed by atoms with van der Waals surface area (Å²) in [5, 5.41) is 3.14. The number of rotatable bonds is 5. The van der Waals surface area contributed by atoms with Gasteiger partial charge in [-0.05, 0) is 50.5 Å². The predicted octanol–water partition coefficient (Wildman–Crippen LogP) is 1.58. The Morgan fingerprint density at radius 1 is 1.29 bits per heavy atom. The number of ether oxygens (including phenoxy) is 1. The standard InChI is InChI=1S/C19H28ClN3O4S/c1-19(7-9-22(2)10-8-19)14-21-18(24)16-13-23(11-12-27-16)28(25,26)17-6-4-3-5-15(17)20/h3-6,16H,7-14H2,1-2H3,(H,21,24)/t16-/m0/s1. The van der Waals surface area contributed by atoms with Crippen LogP contribution in [-0.4, -0.2) is 76.0 Å². The Labute approximate surface area is 172 Å². The van der Waals surface area contributed by atoms with E-state index in [4.69, 9.17) is 16.3 Å². The lowest BCUT2D eigenvalue weighted by molar-refractivity contribution is -0.136. The van der Waals surface area contributed by atoms with E-state index in [1.807, 2.05) is 0 Å². The molecule has 1 amide bonds. The molecule has 1 aromatic carbocycles. The molecule has 2 heterocycles. The van der Waals surface area contributed by atoms with Gasteiger partial charge in [-0.15, -0.1) is 0 Å². The van der Waals surface area contributed by atoms with E-state index >= 15 is 0 Å². The second-order valence-electron chi connectivity index (χ2n) is 7.98. The summed E-state index contributed by atoms with van der Waals surface area (Å²) in [5.74, 6) is -0.265. The zero-order valence-corrected chi connectivity index (χ0v) is 17.9. The van der Waals surface area contributed by atoms with E-state index in [2.05, 4.69) is 24.2 Å². The first-order valence-corrected chi connectivity index (χ1v) is 11.4. The third kappa shape index (κ3) is 4.86. The molecule has 9 heteroatoms. The van der Waals surface area contributed by atoms with Crippen molar-refractivity contribution in [2.45, 2.75) is 30.8 Å². The third-order valence-electron chi connectivity index (χ3n) is 5.66. The number of hydrogen-bond acceptors (Lipinski definition) is 5. The fourth-order valence-electron chi connectivity index (χ4n) is 3.55. The van der Waals surface area contributed by atoms with Crippen molar-refractivity contribution in [1.82, 2.24) is 14.5 Å². The molecule has 0 bridgehead atoms. The van der Waals surface area contributed by atoms with Crippen LogP contribution in [0.25, 0.3) is 0 Å². The highest BCUT2D eigenvalue weighted by Gasteiger charge is 2.36. The van der Waals surface area contributed by atoms with E-state index in [0.29, 0.717) is 6.54 Å². The van der Waals surface area contributed by atoms with E-state index < -0.39 is 16.1 Å². The quantitative estimate of drug-likeness (QED) is 0.768. The van der Waals surface area contributed by atoms with Crippen molar-refractivity contribution in [3.8, 4) is 0 Å². The van der Waals surface area contributed by atoms with Crippen LogP contribution in [0, 0.1) is 5.41 Å². The molecule has 0 unspecified atom stereocenters. The molecule has 2 aliphatic rings. The Balaban J connectivity index is 1.61. The Morgan fingerprint density at radius 3 is 2.64 bits per heavy atom. The summed E-state index contributed by atoms with van der Waals surface area (Å²) >= 11 is 6.07. The minimum Gasteiger partial charge on any atom is -0.366 e. The Kier molecular flexibility index (Phi) is 6.66. The SMILES string of the molecule is CN1CCC(C)(CNC(=O)[C@@H]2CN(S(=O)(=O)c3ccccc3Cl)CCO2)CC1. The molecular formula is C19H28ClN3O4S. The number of sulfonamides is 1. The summed E-state index contributed by atoms with van der Waals surface area (Å²) < 4.78 is 32.7. The van der Waals surface area contributed by atoms with Crippen LogP contribution in [0.2, 0.25) is 5.02 Å². The van der Waals surface area contributed by atoms with Gasteiger partial charge in [0.1, 0.15) is 11.0 Å². The van der Waals surface area contributed by atoms with Gasteiger partial charge in [0.05, 0.1) is 11.6 Å². The van der Waals surface area contributed by atoms with E-state index in [1.54, 1.807) is 18.2 Å². The maximum absolute atomic E-state index is 12.9. The molecule has 3 rings (SSSR count). The number of benzene rings is 1. The van der Waals surface area contributed by atoms with Crippen molar-refractivity contribution in [2.75, 3.05) is 46.4 Å². The molecule has 0 saturated carbocycles. The third-order valence-corrected chi connectivity index (χ3v) is 8.02. The molecule has 2 aliphatic heterocycles. The lowest BCUT2D eigenvalue weighted by Crippen LogP contribution is -2.53. The van der Waals surface area contributed by atoms with Crippen molar-refractivity contribution in [2.24, 2.45) is 5.41 Å². The average molecular weight is 430 g/mol. The monoisotopic (exact) mass is 429 g/mol. The zero-order valence-electron chi connectivity index (χ0n) is 16.4. The van der Waals surface area contributed by atoms with Crippen molar-refractivity contribution >= 4 is 27.5 Å². The molecule has 156 valence electrons. The molecular weight excluding hydrogens is 402 g/mol. The van der Waals surface area contributed by atoms with E-state index in [0.717, 1.165) is 25.9 Å². The number of hydrogen-bond donors (Lipinski definition) is 1. The number of amides is 1. The van der Waals surface area contributed by atoms with E-state index in [1.165, 1.54) is 10.4 Å². The number of carbonyl (C=O) groups excluding carboxylic acids is 1. The highest BCUT2D eigenvalue weighted by Crippen LogP contribution is 2.29. The molecule has 0 aromatic heterocycles. The Hall–Kier alpha value is -1.19. The molecule has 1 aromatic rings. The van der Waals surface area contributed by atoms with Gasteiger partial charge >= 0.3 is 0 Å². The molecule has 1 N–H and O–H groups in total. The molecule has 0 aliphatic carbocycles. The highest BCUT2D eigenvalue weighted by atomic mass is 35.5. The second-order valence-corrected chi connectivity index (χ2v) is 10.3. The highest BCUT2D eigenvalue weighted by molar-refractivity contribution is 7.89. The smallest absolute Gasteiger partial charge is 0.250 e. The minimum atomic E-state index is -3.78.